The number of hydrogen-bond donors (Lipinski definition) is 1. The van der Waals surface area contributed by atoms with Gasteiger partial charge in [0.25, 0.3) is 0 Å². The van der Waals surface area contributed by atoms with Crippen molar-refractivity contribution in [2.75, 3.05) is 7.11 Å². The van der Waals surface area contributed by atoms with Crippen molar-refractivity contribution in [3.63, 3.8) is 0 Å². The van der Waals surface area contributed by atoms with Gasteiger partial charge in [-0.3, -0.25) is 0 Å². The summed E-state index contributed by atoms with van der Waals surface area (Å²) in [5.74, 6) is 1.23. The largest absolute Gasteiger partial charge is 0.507 e. The average Bonchev–Trinajstić information content (AvgIpc) is 2.35. The van der Waals surface area contributed by atoms with Crippen LogP contribution in [-0.4, -0.2) is 12.2 Å². The van der Waals surface area contributed by atoms with Crippen molar-refractivity contribution < 1.29 is 9.84 Å². The molecular weight excluding hydrogens is 212 g/mol. The Morgan fingerprint density at radius 2 is 1.41 bits per heavy atom. The fraction of sp³-hybridized carbons (Fsp3) is 0.200. The van der Waals surface area contributed by atoms with E-state index >= 15 is 0 Å². The highest BCUT2D eigenvalue weighted by Crippen LogP contribution is 2.29. The van der Waals surface area contributed by atoms with Crippen LogP contribution >= 0.6 is 0 Å². The van der Waals surface area contributed by atoms with Gasteiger partial charge in [-0.25, -0.2) is 0 Å². The van der Waals surface area contributed by atoms with Crippen LogP contribution < -0.4 is 4.74 Å². The molecule has 0 spiro atoms. The van der Waals surface area contributed by atoms with E-state index in [0.29, 0.717) is 5.75 Å². The van der Waals surface area contributed by atoms with Crippen LogP contribution in [0.3, 0.4) is 0 Å². The number of rotatable bonds is 2. The van der Waals surface area contributed by atoms with Gasteiger partial charge in [0.05, 0.1) is 7.11 Å². The summed E-state index contributed by atoms with van der Waals surface area (Å²) in [5.41, 5.74) is 4.03. The number of methoxy groups -OCH3 is 1. The van der Waals surface area contributed by atoms with E-state index in [0.717, 1.165) is 28.0 Å². The van der Waals surface area contributed by atoms with Gasteiger partial charge in [-0.15, -0.1) is 0 Å². The van der Waals surface area contributed by atoms with Gasteiger partial charge in [-0.1, -0.05) is 12.1 Å². The maximum absolute atomic E-state index is 9.74. The first kappa shape index (κ1) is 11.5. The lowest BCUT2D eigenvalue weighted by atomic mass is 10.00. The minimum Gasteiger partial charge on any atom is -0.507 e. The molecule has 0 unspecified atom stereocenters. The quantitative estimate of drug-likeness (QED) is 0.849. The van der Waals surface area contributed by atoms with E-state index in [1.165, 1.54) is 0 Å². The van der Waals surface area contributed by atoms with Crippen LogP contribution in [0.2, 0.25) is 0 Å². The molecule has 2 aromatic carbocycles. The highest BCUT2D eigenvalue weighted by Gasteiger charge is 2.05. The predicted molar refractivity (Wildman–Crippen MR) is 69.6 cm³/mol. The van der Waals surface area contributed by atoms with E-state index in [9.17, 15) is 5.11 Å². The Morgan fingerprint density at radius 3 is 1.88 bits per heavy atom. The van der Waals surface area contributed by atoms with Gasteiger partial charge in [0.15, 0.2) is 0 Å². The smallest absolute Gasteiger partial charge is 0.121 e. The third-order valence-electron chi connectivity index (χ3n) is 2.91. The number of ether oxygens (including phenoxy) is 1. The lowest BCUT2D eigenvalue weighted by molar-refractivity contribution is 0.415. The van der Waals surface area contributed by atoms with Crippen LogP contribution in [0, 0.1) is 13.8 Å². The van der Waals surface area contributed by atoms with Gasteiger partial charge < -0.3 is 9.84 Å². The molecular formula is C15H16O2. The summed E-state index contributed by atoms with van der Waals surface area (Å²) in [4.78, 5) is 0. The SMILES string of the molecule is COc1ccc(-c2cc(C)c(O)c(C)c2)cc1. The minimum absolute atomic E-state index is 0.377. The first-order valence-corrected chi connectivity index (χ1v) is 5.56. The van der Waals surface area contributed by atoms with E-state index in [-0.39, 0.29) is 0 Å². The summed E-state index contributed by atoms with van der Waals surface area (Å²) in [7, 11) is 1.66. The summed E-state index contributed by atoms with van der Waals surface area (Å²) in [6, 6.07) is 11.9. The van der Waals surface area contributed by atoms with Crippen LogP contribution in [0.1, 0.15) is 11.1 Å². The van der Waals surface area contributed by atoms with Gasteiger partial charge in [-0.2, -0.15) is 0 Å². The molecule has 2 aromatic rings. The molecule has 88 valence electrons. The maximum atomic E-state index is 9.74. The third kappa shape index (κ3) is 2.26. The number of benzene rings is 2. The molecule has 0 fully saturated rings. The Balaban J connectivity index is 2.45. The average molecular weight is 228 g/mol. The van der Waals surface area contributed by atoms with E-state index in [1.54, 1.807) is 7.11 Å². The monoisotopic (exact) mass is 228 g/mol. The molecule has 2 rings (SSSR count). The Labute approximate surface area is 101 Å². The van der Waals surface area contributed by atoms with Crippen molar-refractivity contribution in [2.24, 2.45) is 0 Å². The Bertz CT molecular complexity index is 504. The van der Waals surface area contributed by atoms with Gasteiger partial charge in [-0.05, 0) is 60.4 Å². The maximum Gasteiger partial charge on any atom is 0.121 e. The van der Waals surface area contributed by atoms with E-state index < -0.39 is 0 Å². The van der Waals surface area contributed by atoms with Crippen LogP contribution in [0.15, 0.2) is 36.4 Å². The summed E-state index contributed by atoms with van der Waals surface area (Å²) in [5, 5.41) is 9.74. The lowest BCUT2D eigenvalue weighted by Gasteiger charge is -2.08. The van der Waals surface area contributed by atoms with Crippen molar-refractivity contribution in [3.8, 4) is 22.6 Å². The van der Waals surface area contributed by atoms with Gasteiger partial charge in [0.2, 0.25) is 0 Å². The molecule has 0 radical (unpaired) electrons. The molecule has 0 aromatic heterocycles. The zero-order chi connectivity index (χ0) is 12.4. The number of phenols is 1. The van der Waals surface area contributed by atoms with Crippen LogP contribution in [-0.2, 0) is 0 Å². The van der Waals surface area contributed by atoms with Crippen molar-refractivity contribution >= 4 is 0 Å². The molecule has 17 heavy (non-hydrogen) atoms. The van der Waals surface area contributed by atoms with Crippen molar-refractivity contribution in [3.05, 3.63) is 47.5 Å². The zero-order valence-electron chi connectivity index (χ0n) is 10.3. The first-order chi connectivity index (χ1) is 8.11. The zero-order valence-corrected chi connectivity index (χ0v) is 10.3. The van der Waals surface area contributed by atoms with E-state index in [4.69, 9.17) is 4.74 Å². The molecule has 0 bridgehead atoms. The molecule has 0 saturated heterocycles. The minimum atomic E-state index is 0.377. The Hall–Kier alpha value is -1.96. The van der Waals surface area contributed by atoms with Gasteiger partial charge >= 0.3 is 0 Å². The molecule has 0 atom stereocenters. The molecule has 0 aliphatic heterocycles. The van der Waals surface area contributed by atoms with Crippen molar-refractivity contribution in [1.82, 2.24) is 0 Å². The Kier molecular flexibility index (Phi) is 3.05. The predicted octanol–water partition coefficient (Wildman–Crippen LogP) is 3.68. The second kappa shape index (κ2) is 4.50. The van der Waals surface area contributed by atoms with Crippen molar-refractivity contribution in [2.45, 2.75) is 13.8 Å². The number of aryl methyl sites for hydroxylation is 2. The molecule has 2 nitrogen and oxygen atoms in total. The summed E-state index contributed by atoms with van der Waals surface area (Å²) >= 11 is 0. The molecule has 0 amide bonds. The topological polar surface area (TPSA) is 29.5 Å². The summed E-state index contributed by atoms with van der Waals surface area (Å²) in [6.45, 7) is 3.82. The van der Waals surface area contributed by atoms with Crippen LogP contribution in [0.4, 0.5) is 0 Å². The summed E-state index contributed by atoms with van der Waals surface area (Å²) < 4.78 is 5.13. The fourth-order valence-electron chi connectivity index (χ4n) is 1.91. The molecule has 0 saturated carbocycles. The molecule has 0 aliphatic carbocycles. The molecule has 1 N–H and O–H groups in total. The normalized spacial score (nSPS) is 10.3. The van der Waals surface area contributed by atoms with Gasteiger partial charge in [0.1, 0.15) is 11.5 Å². The first-order valence-electron chi connectivity index (χ1n) is 5.56. The summed E-state index contributed by atoms with van der Waals surface area (Å²) in [6.07, 6.45) is 0. The third-order valence-corrected chi connectivity index (χ3v) is 2.91. The molecule has 0 heterocycles. The lowest BCUT2D eigenvalue weighted by Crippen LogP contribution is -1.86. The van der Waals surface area contributed by atoms with Gasteiger partial charge in [0, 0.05) is 0 Å². The van der Waals surface area contributed by atoms with Crippen molar-refractivity contribution in [1.29, 1.82) is 0 Å². The number of aromatic hydroxyl groups is 1. The standard InChI is InChI=1S/C15H16O2/c1-10-8-13(9-11(2)15(10)16)12-4-6-14(17-3)7-5-12/h4-9,16H,1-3H3. The second-order valence-corrected chi connectivity index (χ2v) is 4.19. The highest BCUT2D eigenvalue weighted by molar-refractivity contribution is 5.67. The van der Waals surface area contributed by atoms with Crippen LogP contribution in [0.25, 0.3) is 11.1 Å². The van der Waals surface area contributed by atoms with E-state index in [1.807, 2.05) is 50.2 Å². The number of phenolic OH excluding ortho intramolecular Hbond substituents is 1. The fourth-order valence-corrected chi connectivity index (χ4v) is 1.91. The van der Waals surface area contributed by atoms with Crippen LogP contribution in [0.5, 0.6) is 11.5 Å². The number of hydrogen-bond acceptors (Lipinski definition) is 2. The molecule has 2 heteroatoms. The van der Waals surface area contributed by atoms with E-state index in [2.05, 4.69) is 0 Å². The highest BCUT2D eigenvalue weighted by atomic mass is 16.5. The second-order valence-electron chi connectivity index (χ2n) is 4.19. The molecule has 0 aliphatic rings. The Morgan fingerprint density at radius 1 is 0.882 bits per heavy atom.